The number of nitrogens with zero attached hydrogens (tertiary/aromatic N) is 2. The summed E-state index contributed by atoms with van der Waals surface area (Å²) in [6.07, 6.45) is -6.52. The lowest BCUT2D eigenvalue weighted by molar-refractivity contribution is -0.361. The molecule has 0 spiro atoms. The fourth-order valence-electron chi connectivity index (χ4n) is 1.40. The van der Waals surface area contributed by atoms with Crippen LogP contribution in [-0.2, 0) is 5.92 Å². The Morgan fingerprint density at radius 1 is 0.952 bits per heavy atom. The second-order valence-electron chi connectivity index (χ2n) is 3.88. The first-order valence-electron chi connectivity index (χ1n) is 4.96. The van der Waals surface area contributed by atoms with Crippen molar-refractivity contribution in [3.05, 3.63) is 16.2 Å². The van der Waals surface area contributed by atoms with Gasteiger partial charge in [-0.15, -0.1) is 0 Å². The highest BCUT2D eigenvalue weighted by atomic mass is 19.4. The summed E-state index contributed by atoms with van der Waals surface area (Å²) in [6, 6.07) is 0. The van der Waals surface area contributed by atoms with Crippen molar-refractivity contribution in [3.8, 4) is 0 Å². The van der Waals surface area contributed by atoms with Gasteiger partial charge in [-0.3, -0.25) is 9.78 Å². The van der Waals surface area contributed by atoms with Crippen molar-refractivity contribution in [2.45, 2.75) is 18.0 Å². The predicted molar refractivity (Wildman–Crippen MR) is 53.8 cm³/mol. The van der Waals surface area contributed by atoms with Gasteiger partial charge in [0.2, 0.25) is 5.95 Å². The van der Waals surface area contributed by atoms with Crippen LogP contribution < -0.4 is 11.3 Å². The summed E-state index contributed by atoms with van der Waals surface area (Å²) < 4.78 is 88.5. The Labute approximate surface area is 109 Å². The molecule has 6 nitrogen and oxygen atoms in total. The lowest BCUT2D eigenvalue weighted by Gasteiger charge is -2.26. The number of anilines is 1. The van der Waals surface area contributed by atoms with E-state index in [4.69, 9.17) is 5.73 Å². The fraction of sp³-hybridized carbons (Fsp3) is 0.375. The van der Waals surface area contributed by atoms with Crippen LogP contribution in [0.5, 0.6) is 0 Å². The van der Waals surface area contributed by atoms with Gasteiger partial charge in [0.1, 0.15) is 0 Å². The first-order chi connectivity index (χ1) is 9.38. The Morgan fingerprint density at radius 3 is 2.05 bits per heavy atom. The average molecular weight is 319 g/mol. The highest BCUT2D eigenvalue weighted by Crippen LogP contribution is 2.50. The van der Waals surface area contributed by atoms with Gasteiger partial charge in [-0.05, 0) is 0 Å². The molecule has 2 heterocycles. The van der Waals surface area contributed by atoms with Gasteiger partial charge in [0.25, 0.3) is 5.56 Å². The Bertz CT molecular complexity index is 746. The molecule has 0 aliphatic heterocycles. The maximum Gasteiger partial charge on any atom is 0.460 e. The van der Waals surface area contributed by atoms with Crippen molar-refractivity contribution in [1.29, 1.82) is 0 Å². The number of fused-ring (bicyclic) bond motifs is 1. The van der Waals surface area contributed by atoms with E-state index in [9.17, 15) is 35.5 Å². The van der Waals surface area contributed by atoms with Crippen LogP contribution in [0.25, 0.3) is 11.2 Å². The number of imidazole rings is 1. The number of rotatable bonds is 2. The number of nitrogen functional groups attached to an aromatic ring is 1. The van der Waals surface area contributed by atoms with E-state index in [0.717, 1.165) is 0 Å². The Kier molecular flexibility index (Phi) is 2.93. The van der Waals surface area contributed by atoms with Crippen molar-refractivity contribution in [3.63, 3.8) is 0 Å². The molecule has 0 fully saturated rings. The van der Waals surface area contributed by atoms with Gasteiger partial charge >= 0.3 is 18.0 Å². The Morgan fingerprint density at radius 2 is 1.52 bits per heavy atom. The molecule has 116 valence electrons. The summed E-state index contributed by atoms with van der Waals surface area (Å²) in [5.74, 6) is -14.8. The number of H-pyrrole nitrogens is 2. The monoisotopic (exact) mass is 319 g/mol. The molecule has 21 heavy (non-hydrogen) atoms. The van der Waals surface area contributed by atoms with E-state index in [2.05, 4.69) is 9.97 Å². The van der Waals surface area contributed by atoms with Gasteiger partial charge in [0, 0.05) is 0 Å². The molecule has 2 aromatic heterocycles. The number of aromatic nitrogens is 4. The number of nitrogens with two attached hydrogens (primary N) is 1. The first kappa shape index (κ1) is 15.1. The Balaban J connectivity index is 2.66. The summed E-state index contributed by atoms with van der Waals surface area (Å²) in [5.41, 5.74) is 2.29. The molecule has 4 N–H and O–H groups in total. The Hall–Kier alpha value is -2.34. The van der Waals surface area contributed by atoms with Crippen molar-refractivity contribution < 1.29 is 30.7 Å². The van der Waals surface area contributed by atoms with E-state index in [0.29, 0.717) is 0 Å². The van der Waals surface area contributed by atoms with Crippen LogP contribution in [0, 0.1) is 0 Å². The number of alkyl halides is 7. The third kappa shape index (κ3) is 2.08. The van der Waals surface area contributed by atoms with Crippen LogP contribution in [0.4, 0.5) is 36.7 Å². The summed E-state index contributed by atoms with van der Waals surface area (Å²) in [6.45, 7) is 0. The number of aromatic amines is 2. The van der Waals surface area contributed by atoms with Crippen molar-refractivity contribution >= 4 is 17.1 Å². The number of halogens is 7. The number of hydrogen-bond acceptors (Lipinski definition) is 4. The van der Waals surface area contributed by atoms with Gasteiger partial charge in [0.05, 0.1) is 0 Å². The van der Waals surface area contributed by atoms with Gasteiger partial charge in [-0.1, -0.05) is 0 Å². The van der Waals surface area contributed by atoms with E-state index in [1.165, 1.54) is 4.98 Å². The summed E-state index contributed by atoms with van der Waals surface area (Å²) in [4.78, 5) is 20.5. The summed E-state index contributed by atoms with van der Waals surface area (Å²) in [7, 11) is 0. The van der Waals surface area contributed by atoms with E-state index >= 15 is 0 Å². The molecular weight excluding hydrogens is 315 g/mol. The molecule has 0 saturated heterocycles. The van der Waals surface area contributed by atoms with Gasteiger partial charge in [0.15, 0.2) is 17.0 Å². The van der Waals surface area contributed by atoms with Gasteiger partial charge in [-0.2, -0.15) is 35.7 Å². The third-order valence-corrected chi connectivity index (χ3v) is 2.43. The second-order valence-corrected chi connectivity index (χ2v) is 3.88. The summed E-state index contributed by atoms with van der Waals surface area (Å²) >= 11 is 0. The van der Waals surface area contributed by atoms with Crippen LogP contribution in [0.15, 0.2) is 4.79 Å². The van der Waals surface area contributed by atoms with Crippen LogP contribution in [-0.4, -0.2) is 32.0 Å². The predicted octanol–water partition coefficient (Wildman–Crippen LogP) is 1.52. The van der Waals surface area contributed by atoms with E-state index < -0.39 is 46.5 Å². The van der Waals surface area contributed by atoms with Crippen LogP contribution >= 0.6 is 0 Å². The zero-order valence-electron chi connectivity index (χ0n) is 9.53. The topological polar surface area (TPSA) is 100 Å². The van der Waals surface area contributed by atoms with E-state index in [-0.39, 0.29) is 0 Å². The van der Waals surface area contributed by atoms with Crippen molar-refractivity contribution in [1.82, 2.24) is 19.9 Å². The highest BCUT2D eigenvalue weighted by Gasteiger charge is 2.75. The minimum Gasteiger partial charge on any atom is -0.369 e. The van der Waals surface area contributed by atoms with Crippen LogP contribution in [0.1, 0.15) is 5.82 Å². The largest absolute Gasteiger partial charge is 0.460 e. The minimum absolute atomic E-state index is 0.573. The molecule has 2 rings (SSSR count). The minimum atomic E-state index is -6.52. The van der Waals surface area contributed by atoms with Crippen molar-refractivity contribution in [2.24, 2.45) is 0 Å². The zero-order valence-corrected chi connectivity index (χ0v) is 9.53. The molecule has 0 amide bonds. The van der Waals surface area contributed by atoms with Gasteiger partial charge in [-0.25, -0.2) is 4.98 Å². The standard InChI is InChI=1S/C8H4F7N5O/c9-6(10,7(11,12)8(13,14)15)4-17-1-2(18-4)19-5(16)20-3(1)21/h(H4,16,17,18,19,20,21). The fourth-order valence-corrected chi connectivity index (χ4v) is 1.40. The first-order valence-corrected chi connectivity index (χ1v) is 4.96. The molecule has 0 atom stereocenters. The van der Waals surface area contributed by atoms with E-state index in [1.54, 1.807) is 0 Å². The maximum atomic E-state index is 13.4. The molecule has 2 aromatic rings. The number of nitrogens with one attached hydrogen (secondary N) is 2. The lowest BCUT2D eigenvalue weighted by atomic mass is 10.1. The number of hydrogen-bond donors (Lipinski definition) is 3. The molecule has 13 heteroatoms. The zero-order chi connectivity index (χ0) is 16.2. The average Bonchev–Trinajstić information content (AvgIpc) is 2.71. The molecule has 0 bridgehead atoms. The smallest absolute Gasteiger partial charge is 0.369 e. The lowest BCUT2D eigenvalue weighted by Crippen LogP contribution is -2.50. The molecular formula is C8H4F7N5O. The van der Waals surface area contributed by atoms with Crippen LogP contribution in [0.3, 0.4) is 0 Å². The SMILES string of the molecule is Nc1nc2nc(C(F)(F)C(F)(F)C(F)(F)F)[nH]c2c(=O)[nH]1. The normalized spacial score (nSPS) is 13.9. The highest BCUT2D eigenvalue weighted by molar-refractivity contribution is 5.70. The van der Waals surface area contributed by atoms with Gasteiger partial charge < -0.3 is 10.7 Å². The molecule has 0 unspecified atom stereocenters. The molecule has 0 saturated carbocycles. The quantitative estimate of drug-likeness (QED) is 0.731. The molecule has 0 radical (unpaired) electrons. The third-order valence-electron chi connectivity index (χ3n) is 2.43. The maximum absolute atomic E-state index is 13.4. The molecule has 0 aromatic carbocycles. The van der Waals surface area contributed by atoms with Crippen LogP contribution in [0.2, 0.25) is 0 Å². The van der Waals surface area contributed by atoms with E-state index in [1.807, 2.05) is 4.98 Å². The molecule has 0 aliphatic carbocycles. The second kappa shape index (κ2) is 4.08. The molecule has 0 aliphatic rings. The summed E-state index contributed by atoms with van der Waals surface area (Å²) in [5, 5.41) is 0. The van der Waals surface area contributed by atoms with Crippen molar-refractivity contribution in [2.75, 3.05) is 5.73 Å².